The Labute approximate surface area is 83.2 Å². The fraction of sp³-hybridized carbons (Fsp3) is 0.800. The number of carbonyl (C=O) groups excluding carboxylic acids is 2. The molecular weight excluding hydrogens is 182 g/mol. The third-order valence-electron chi connectivity index (χ3n) is 2.99. The Morgan fingerprint density at radius 2 is 2.14 bits per heavy atom. The number of ether oxygens (including phenoxy) is 1. The van der Waals surface area contributed by atoms with Crippen LogP contribution in [0.3, 0.4) is 0 Å². The largest absolute Gasteiger partial charge is 0.378 e. The highest BCUT2D eigenvalue weighted by Gasteiger charge is 2.41. The molecule has 14 heavy (non-hydrogen) atoms. The highest BCUT2D eigenvalue weighted by atomic mass is 16.5. The summed E-state index contributed by atoms with van der Waals surface area (Å²) in [5.41, 5.74) is 0. The minimum absolute atomic E-state index is 0.232. The van der Waals surface area contributed by atoms with Gasteiger partial charge in [-0.05, 0) is 19.8 Å². The summed E-state index contributed by atoms with van der Waals surface area (Å²) in [4.78, 5) is 24.1. The number of hydrogen-bond acceptors (Lipinski definition) is 3. The van der Waals surface area contributed by atoms with Gasteiger partial charge >= 0.3 is 0 Å². The maximum absolute atomic E-state index is 11.3. The minimum atomic E-state index is -0.287. The molecule has 1 saturated heterocycles. The molecule has 1 amide bonds. The number of ketones is 1. The second kappa shape index (κ2) is 3.69. The number of nitrogens with zero attached hydrogens (tertiary/aromatic N) is 1. The van der Waals surface area contributed by atoms with Gasteiger partial charge in [-0.3, -0.25) is 9.59 Å². The first-order chi connectivity index (χ1) is 6.72. The molecule has 1 aliphatic carbocycles. The van der Waals surface area contributed by atoms with Crippen molar-refractivity contribution in [3.8, 4) is 0 Å². The normalized spacial score (nSPS) is 32.2. The van der Waals surface area contributed by atoms with E-state index in [0.29, 0.717) is 19.1 Å². The highest BCUT2D eigenvalue weighted by molar-refractivity contribution is 6.37. The lowest BCUT2D eigenvalue weighted by Gasteiger charge is -2.40. The van der Waals surface area contributed by atoms with Crippen LogP contribution in [0.2, 0.25) is 0 Å². The SMILES string of the molecule is CCOC1CC(N2CCC(=O)C2=O)C1. The van der Waals surface area contributed by atoms with Crippen molar-refractivity contribution in [3.63, 3.8) is 0 Å². The lowest BCUT2D eigenvalue weighted by atomic mass is 9.88. The zero-order valence-electron chi connectivity index (χ0n) is 8.36. The van der Waals surface area contributed by atoms with Gasteiger partial charge in [0.2, 0.25) is 5.78 Å². The van der Waals surface area contributed by atoms with Gasteiger partial charge < -0.3 is 9.64 Å². The average Bonchev–Trinajstić information content (AvgIpc) is 2.41. The molecule has 4 nitrogen and oxygen atoms in total. The van der Waals surface area contributed by atoms with Crippen LogP contribution in [0.1, 0.15) is 26.2 Å². The third-order valence-corrected chi connectivity index (χ3v) is 2.99. The van der Waals surface area contributed by atoms with Crippen LogP contribution < -0.4 is 0 Å². The maximum atomic E-state index is 11.3. The molecule has 2 fully saturated rings. The quantitative estimate of drug-likeness (QED) is 0.613. The molecule has 4 heteroatoms. The fourth-order valence-electron chi connectivity index (χ4n) is 2.10. The van der Waals surface area contributed by atoms with Crippen LogP contribution in [-0.4, -0.2) is 41.9 Å². The predicted molar refractivity (Wildman–Crippen MR) is 49.8 cm³/mol. The molecule has 1 heterocycles. The molecule has 0 atom stereocenters. The zero-order valence-corrected chi connectivity index (χ0v) is 8.36. The van der Waals surface area contributed by atoms with E-state index in [0.717, 1.165) is 19.4 Å². The summed E-state index contributed by atoms with van der Waals surface area (Å²) < 4.78 is 5.41. The second-order valence-electron chi connectivity index (χ2n) is 3.87. The van der Waals surface area contributed by atoms with E-state index in [4.69, 9.17) is 4.74 Å². The molecule has 2 aliphatic rings. The molecule has 0 radical (unpaired) electrons. The minimum Gasteiger partial charge on any atom is -0.378 e. The molecule has 1 aliphatic heterocycles. The number of rotatable bonds is 3. The number of Topliss-reactive ketones (excluding diaryl/α,β-unsaturated/α-hetero) is 1. The monoisotopic (exact) mass is 197 g/mol. The summed E-state index contributed by atoms with van der Waals surface area (Å²) >= 11 is 0. The van der Waals surface area contributed by atoms with E-state index >= 15 is 0 Å². The van der Waals surface area contributed by atoms with Crippen molar-refractivity contribution >= 4 is 11.7 Å². The average molecular weight is 197 g/mol. The standard InChI is InChI=1S/C10H15NO3/c1-2-14-8-5-7(6-8)11-4-3-9(12)10(11)13/h7-8H,2-6H2,1H3. The van der Waals surface area contributed by atoms with Crippen LogP contribution >= 0.6 is 0 Å². The first kappa shape index (κ1) is 9.65. The number of hydrogen-bond donors (Lipinski definition) is 0. The molecular formula is C10H15NO3. The van der Waals surface area contributed by atoms with Crippen molar-refractivity contribution < 1.29 is 14.3 Å². The molecule has 0 bridgehead atoms. The summed E-state index contributed by atoms with van der Waals surface area (Å²) in [5, 5.41) is 0. The Morgan fingerprint density at radius 1 is 1.43 bits per heavy atom. The van der Waals surface area contributed by atoms with Gasteiger partial charge in [0, 0.05) is 25.6 Å². The predicted octanol–water partition coefficient (Wildman–Crippen LogP) is 0.355. The van der Waals surface area contributed by atoms with E-state index in [1.165, 1.54) is 0 Å². The first-order valence-corrected chi connectivity index (χ1v) is 5.17. The maximum Gasteiger partial charge on any atom is 0.290 e. The number of carbonyl (C=O) groups is 2. The summed E-state index contributed by atoms with van der Waals surface area (Å²) in [5.74, 6) is -0.519. The highest BCUT2D eigenvalue weighted by Crippen LogP contribution is 2.30. The van der Waals surface area contributed by atoms with Gasteiger partial charge in [-0.2, -0.15) is 0 Å². The Morgan fingerprint density at radius 3 is 2.64 bits per heavy atom. The van der Waals surface area contributed by atoms with Gasteiger partial charge in [0.05, 0.1) is 6.10 Å². The summed E-state index contributed by atoms with van der Waals surface area (Å²) in [6, 6.07) is 0.255. The zero-order chi connectivity index (χ0) is 10.1. The second-order valence-corrected chi connectivity index (χ2v) is 3.87. The Kier molecular flexibility index (Phi) is 2.54. The van der Waals surface area contributed by atoms with Crippen molar-refractivity contribution in [1.29, 1.82) is 0 Å². The van der Waals surface area contributed by atoms with Crippen molar-refractivity contribution in [2.45, 2.75) is 38.3 Å². The Bertz CT molecular complexity index is 258. The molecule has 78 valence electrons. The molecule has 0 aromatic rings. The van der Waals surface area contributed by atoms with Crippen molar-refractivity contribution in [3.05, 3.63) is 0 Å². The van der Waals surface area contributed by atoms with Crippen molar-refractivity contribution in [2.24, 2.45) is 0 Å². The van der Waals surface area contributed by atoms with Gasteiger partial charge in [0.25, 0.3) is 5.91 Å². The van der Waals surface area contributed by atoms with Crippen LogP contribution in [0, 0.1) is 0 Å². The van der Waals surface area contributed by atoms with Gasteiger partial charge in [0.1, 0.15) is 0 Å². The summed E-state index contributed by atoms with van der Waals surface area (Å²) in [7, 11) is 0. The molecule has 0 aromatic heterocycles. The van der Waals surface area contributed by atoms with Crippen LogP contribution in [0.25, 0.3) is 0 Å². The Balaban J connectivity index is 1.82. The van der Waals surface area contributed by atoms with Gasteiger partial charge in [0.15, 0.2) is 0 Å². The molecule has 0 spiro atoms. The third kappa shape index (κ3) is 1.54. The first-order valence-electron chi connectivity index (χ1n) is 5.17. The number of likely N-dealkylation sites (tertiary alicyclic amines) is 1. The Hall–Kier alpha value is -0.900. The van der Waals surface area contributed by atoms with E-state index in [1.807, 2.05) is 6.92 Å². The molecule has 0 aromatic carbocycles. The smallest absolute Gasteiger partial charge is 0.290 e. The van der Waals surface area contributed by atoms with Gasteiger partial charge in [-0.15, -0.1) is 0 Å². The lowest BCUT2D eigenvalue weighted by Crippen LogP contribution is -2.49. The van der Waals surface area contributed by atoms with Crippen LogP contribution in [-0.2, 0) is 14.3 Å². The van der Waals surface area contributed by atoms with Crippen molar-refractivity contribution in [2.75, 3.05) is 13.2 Å². The molecule has 0 N–H and O–H groups in total. The van der Waals surface area contributed by atoms with Crippen molar-refractivity contribution in [1.82, 2.24) is 4.90 Å². The molecule has 0 unspecified atom stereocenters. The summed E-state index contributed by atoms with van der Waals surface area (Å²) in [6.45, 7) is 3.31. The van der Waals surface area contributed by atoms with Crippen LogP contribution in [0.4, 0.5) is 0 Å². The number of amides is 1. The van der Waals surface area contributed by atoms with Crippen LogP contribution in [0.5, 0.6) is 0 Å². The van der Waals surface area contributed by atoms with E-state index in [9.17, 15) is 9.59 Å². The van der Waals surface area contributed by atoms with Gasteiger partial charge in [-0.1, -0.05) is 0 Å². The fourth-order valence-corrected chi connectivity index (χ4v) is 2.10. The van der Waals surface area contributed by atoms with Gasteiger partial charge in [-0.25, -0.2) is 0 Å². The van der Waals surface area contributed by atoms with E-state index in [-0.39, 0.29) is 17.7 Å². The van der Waals surface area contributed by atoms with E-state index in [2.05, 4.69) is 0 Å². The van der Waals surface area contributed by atoms with E-state index in [1.54, 1.807) is 4.90 Å². The lowest BCUT2D eigenvalue weighted by molar-refractivity contribution is -0.144. The molecule has 1 saturated carbocycles. The molecule has 2 rings (SSSR count). The van der Waals surface area contributed by atoms with E-state index < -0.39 is 0 Å². The topological polar surface area (TPSA) is 46.6 Å². The summed E-state index contributed by atoms with van der Waals surface area (Å²) in [6.07, 6.45) is 2.49. The van der Waals surface area contributed by atoms with Crippen LogP contribution in [0.15, 0.2) is 0 Å².